The van der Waals surface area contributed by atoms with Crippen molar-refractivity contribution in [1.29, 1.82) is 0 Å². The van der Waals surface area contributed by atoms with Crippen molar-refractivity contribution >= 4 is 0 Å². The SMILES string of the molecule is Fc1cc(F)c(OCc2ccccc2)c([C@@H]2C[C@H]2NC2CN3CCC2CC3)c1. The maximum absolute atomic E-state index is 14.5. The number of hydrogen-bond donors (Lipinski definition) is 1. The highest BCUT2D eigenvalue weighted by molar-refractivity contribution is 5.42. The van der Waals surface area contributed by atoms with Crippen molar-refractivity contribution in [3.05, 3.63) is 65.2 Å². The highest BCUT2D eigenvalue weighted by atomic mass is 19.1. The zero-order valence-corrected chi connectivity index (χ0v) is 15.9. The number of benzene rings is 2. The summed E-state index contributed by atoms with van der Waals surface area (Å²) in [5, 5.41) is 3.77. The highest BCUT2D eigenvalue weighted by Gasteiger charge is 2.44. The maximum atomic E-state index is 14.5. The van der Waals surface area contributed by atoms with Gasteiger partial charge in [0.2, 0.25) is 0 Å². The van der Waals surface area contributed by atoms with Crippen LogP contribution in [0.1, 0.15) is 36.3 Å². The van der Waals surface area contributed by atoms with E-state index in [4.69, 9.17) is 4.74 Å². The number of nitrogens with one attached hydrogen (secondary N) is 1. The zero-order valence-electron chi connectivity index (χ0n) is 15.9. The average molecular weight is 384 g/mol. The first kappa shape index (κ1) is 18.1. The summed E-state index contributed by atoms with van der Waals surface area (Å²) in [6, 6.07) is 12.8. The molecule has 3 atom stereocenters. The Morgan fingerprint density at radius 3 is 2.54 bits per heavy atom. The third kappa shape index (κ3) is 3.65. The Morgan fingerprint density at radius 2 is 1.82 bits per heavy atom. The molecule has 6 rings (SSSR count). The first-order chi connectivity index (χ1) is 13.7. The lowest BCUT2D eigenvalue weighted by atomic mass is 9.84. The van der Waals surface area contributed by atoms with Gasteiger partial charge in [0.1, 0.15) is 12.4 Å². The Morgan fingerprint density at radius 1 is 1.04 bits per heavy atom. The third-order valence-electron chi connectivity index (χ3n) is 6.54. The molecular weight excluding hydrogens is 358 g/mol. The Hall–Kier alpha value is -1.98. The smallest absolute Gasteiger partial charge is 0.168 e. The molecule has 1 unspecified atom stereocenters. The van der Waals surface area contributed by atoms with Crippen LogP contribution in [-0.4, -0.2) is 36.6 Å². The summed E-state index contributed by atoms with van der Waals surface area (Å²) < 4.78 is 34.3. The van der Waals surface area contributed by atoms with Gasteiger partial charge in [-0.25, -0.2) is 8.78 Å². The van der Waals surface area contributed by atoms with E-state index in [2.05, 4.69) is 10.2 Å². The Balaban J connectivity index is 1.29. The number of hydrogen-bond acceptors (Lipinski definition) is 3. The molecular formula is C23H26F2N2O. The van der Waals surface area contributed by atoms with E-state index in [0.717, 1.165) is 30.5 Å². The second-order valence-electron chi connectivity index (χ2n) is 8.44. The van der Waals surface area contributed by atoms with Crippen LogP contribution in [0.25, 0.3) is 0 Å². The minimum absolute atomic E-state index is 0.117. The minimum atomic E-state index is -0.612. The lowest BCUT2D eigenvalue weighted by Crippen LogP contribution is -2.56. The minimum Gasteiger partial charge on any atom is -0.486 e. The molecule has 4 fully saturated rings. The van der Waals surface area contributed by atoms with Gasteiger partial charge in [-0.15, -0.1) is 0 Å². The summed E-state index contributed by atoms with van der Waals surface area (Å²) >= 11 is 0. The fourth-order valence-corrected chi connectivity index (χ4v) is 4.89. The molecule has 5 heteroatoms. The number of nitrogens with zero attached hydrogens (tertiary/aromatic N) is 1. The Bertz CT molecular complexity index is 836. The van der Waals surface area contributed by atoms with Gasteiger partial charge in [0.25, 0.3) is 0 Å². The lowest BCUT2D eigenvalue weighted by Gasteiger charge is -2.45. The molecule has 28 heavy (non-hydrogen) atoms. The summed E-state index contributed by atoms with van der Waals surface area (Å²) in [6.45, 7) is 3.80. The van der Waals surface area contributed by atoms with E-state index in [1.165, 1.54) is 32.0 Å². The van der Waals surface area contributed by atoms with Gasteiger partial charge in [-0.05, 0) is 49.9 Å². The summed E-state index contributed by atoms with van der Waals surface area (Å²) in [7, 11) is 0. The van der Waals surface area contributed by atoms with Crippen LogP contribution in [0.3, 0.4) is 0 Å². The second kappa shape index (κ2) is 7.45. The Kier molecular flexibility index (Phi) is 4.81. The number of fused-ring (bicyclic) bond motifs is 3. The summed E-state index contributed by atoms with van der Waals surface area (Å²) in [5.41, 5.74) is 1.63. The second-order valence-corrected chi connectivity index (χ2v) is 8.44. The number of ether oxygens (including phenoxy) is 1. The predicted octanol–water partition coefficient (Wildman–Crippen LogP) is 4.08. The molecule has 2 aromatic rings. The molecule has 1 aliphatic carbocycles. The number of halogens is 2. The quantitative estimate of drug-likeness (QED) is 0.812. The number of rotatable bonds is 6. The summed E-state index contributed by atoms with van der Waals surface area (Å²) in [5.74, 6) is -0.0864. The summed E-state index contributed by atoms with van der Waals surface area (Å²) in [4.78, 5) is 2.52. The van der Waals surface area contributed by atoms with E-state index >= 15 is 0 Å². The van der Waals surface area contributed by atoms with Crippen LogP contribution in [-0.2, 0) is 6.61 Å². The lowest BCUT2D eigenvalue weighted by molar-refractivity contribution is 0.0716. The van der Waals surface area contributed by atoms with Crippen molar-refractivity contribution in [2.75, 3.05) is 19.6 Å². The third-order valence-corrected chi connectivity index (χ3v) is 6.54. The van der Waals surface area contributed by atoms with Gasteiger partial charge in [0, 0.05) is 36.2 Å². The molecule has 3 nitrogen and oxygen atoms in total. The van der Waals surface area contributed by atoms with Crippen LogP contribution in [0.5, 0.6) is 5.75 Å². The molecule has 0 aromatic heterocycles. The van der Waals surface area contributed by atoms with E-state index in [9.17, 15) is 8.78 Å². The first-order valence-electron chi connectivity index (χ1n) is 10.3. The van der Waals surface area contributed by atoms with Crippen molar-refractivity contribution in [3.63, 3.8) is 0 Å². The molecule has 3 saturated heterocycles. The van der Waals surface area contributed by atoms with Crippen LogP contribution in [0.2, 0.25) is 0 Å². The highest BCUT2D eigenvalue weighted by Crippen LogP contribution is 2.47. The summed E-state index contributed by atoms with van der Waals surface area (Å²) in [6.07, 6.45) is 3.43. The van der Waals surface area contributed by atoms with Crippen LogP contribution in [0.15, 0.2) is 42.5 Å². The van der Waals surface area contributed by atoms with Crippen molar-refractivity contribution in [1.82, 2.24) is 10.2 Å². The monoisotopic (exact) mass is 384 g/mol. The molecule has 1 N–H and O–H groups in total. The fourth-order valence-electron chi connectivity index (χ4n) is 4.89. The number of piperidine rings is 3. The molecule has 3 aliphatic heterocycles. The van der Waals surface area contributed by atoms with Gasteiger partial charge in [-0.3, -0.25) is 0 Å². The molecule has 2 bridgehead atoms. The van der Waals surface area contributed by atoms with Crippen LogP contribution in [0, 0.1) is 17.6 Å². The molecule has 2 aromatic carbocycles. The van der Waals surface area contributed by atoms with Gasteiger partial charge in [0.05, 0.1) is 0 Å². The van der Waals surface area contributed by atoms with Crippen LogP contribution >= 0.6 is 0 Å². The van der Waals surface area contributed by atoms with Gasteiger partial charge < -0.3 is 15.0 Å². The molecule has 148 valence electrons. The van der Waals surface area contributed by atoms with Gasteiger partial charge in [-0.2, -0.15) is 0 Å². The first-order valence-corrected chi connectivity index (χ1v) is 10.3. The average Bonchev–Trinajstić information content (AvgIpc) is 3.47. The standard InChI is InChI=1S/C23H26F2N2O/c24-17-10-19(23(20(25)11-17)28-14-15-4-2-1-3-5-15)18-12-21(18)26-22-13-27-8-6-16(22)7-9-27/h1-5,10-11,16,18,21-22,26H,6-9,12-14H2/t18-,21+,22?/m0/s1. The molecule has 1 saturated carbocycles. The van der Waals surface area contributed by atoms with Crippen LogP contribution < -0.4 is 10.1 Å². The van der Waals surface area contributed by atoms with E-state index in [1.54, 1.807) is 0 Å². The molecule has 3 heterocycles. The van der Waals surface area contributed by atoms with Crippen molar-refractivity contribution in [3.8, 4) is 5.75 Å². The molecule has 4 aliphatic rings. The fraction of sp³-hybridized carbons (Fsp3) is 0.478. The van der Waals surface area contributed by atoms with Gasteiger partial charge >= 0.3 is 0 Å². The molecule has 0 radical (unpaired) electrons. The van der Waals surface area contributed by atoms with Gasteiger partial charge in [0.15, 0.2) is 11.6 Å². The maximum Gasteiger partial charge on any atom is 0.168 e. The van der Waals surface area contributed by atoms with E-state index in [1.807, 2.05) is 30.3 Å². The molecule has 0 amide bonds. The van der Waals surface area contributed by atoms with Crippen molar-refractivity contribution in [2.24, 2.45) is 5.92 Å². The normalized spacial score (nSPS) is 31.0. The van der Waals surface area contributed by atoms with E-state index in [0.29, 0.717) is 11.6 Å². The zero-order chi connectivity index (χ0) is 19.1. The van der Waals surface area contributed by atoms with Gasteiger partial charge in [-0.1, -0.05) is 30.3 Å². The van der Waals surface area contributed by atoms with E-state index in [-0.39, 0.29) is 24.3 Å². The molecule has 0 spiro atoms. The van der Waals surface area contributed by atoms with Crippen molar-refractivity contribution < 1.29 is 13.5 Å². The largest absolute Gasteiger partial charge is 0.486 e. The predicted molar refractivity (Wildman–Crippen MR) is 104 cm³/mol. The topological polar surface area (TPSA) is 24.5 Å². The van der Waals surface area contributed by atoms with Crippen LogP contribution in [0.4, 0.5) is 8.78 Å². The van der Waals surface area contributed by atoms with E-state index < -0.39 is 11.6 Å². The Labute approximate surface area is 164 Å². The van der Waals surface area contributed by atoms with Crippen molar-refractivity contribution in [2.45, 2.75) is 43.9 Å².